The van der Waals surface area contributed by atoms with Crippen LogP contribution in [0.5, 0.6) is 0 Å². The van der Waals surface area contributed by atoms with Crippen LogP contribution >= 0.6 is 0 Å². The summed E-state index contributed by atoms with van der Waals surface area (Å²) >= 11 is 0. The Balaban J connectivity index is 2.62. The fourth-order valence-corrected chi connectivity index (χ4v) is 0.757. The van der Waals surface area contributed by atoms with E-state index >= 15 is 0 Å². The summed E-state index contributed by atoms with van der Waals surface area (Å²) < 4.78 is 6.75. The molecule has 0 fully saturated rings. The number of aromatic nitrogens is 3. The highest BCUT2D eigenvalue weighted by Gasteiger charge is 2.02. The van der Waals surface area contributed by atoms with Crippen molar-refractivity contribution in [1.29, 1.82) is 0 Å². The van der Waals surface area contributed by atoms with Crippen LogP contribution in [0.3, 0.4) is 0 Å². The molecule has 62 valence electrons. The fraction of sp³-hybridized carbons (Fsp3) is 0.667. The Morgan fingerprint density at radius 3 is 2.82 bits per heavy atom. The summed E-state index contributed by atoms with van der Waals surface area (Å²) in [6.45, 7) is 3.07. The summed E-state index contributed by atoms with van der Waals surface area (Å²) in [5.74, 6) is 1.05. The molecule has 0 saturated carbocycles. The molecule has 1 aromatic heterocycles. The van der Waals surface area contributed by atoms with Gasteiger partial charge >= 0.3 is 0 Å². The predicted molar refractivity (Wildman–Crippen MR) is 40.7 cm³/mol. The summed E-state index contributed by atoms with van der Waals surface area (Å²) in [4.78, 5) is 3.95. The molecule has 0 aliphatic carbocycles. The van der Waals surface area contributed by atoms with Crippen molar-refractivity contribution in [2.45, 2.75) is 13.5 Å². The van der Waals surface area contributed by atoms with Crippen molar-refractivity contribution >= 4 is 5.95 Å². The van der Waals surface area contributed by atoms with E-state index in [0.717, 1.165) is 5.82 Å². The maximum atomic E-state index is 5.35. The summed E-state index contributed by atoms with van der Waals surface area (Å²) in [6.07, 6.45) is 0. The normalized spacial score (nSPS) is 10.4. The number of ether oxygens (including phenoxy) is 1. The molecule has 11 heavy (non-hydrogen) atoms. The lowest BCUT2D eigenvalue weighted by atomic mass is 10.6. The highest BCUT2D eigenvalue weighted by Crippen LogP contribution is 1.98. The minimum atomic E-state index is 0.294. The van der Waals surface area contributed by atoms with Gasteiger partial charge in [-0.05, 0) is 6.92 Å². The Labute approximate surface area is 65.2 Å². The molecule has 1 heterocycles. The minimum Gasteiger partial charge on any atom is -0.374 e. The molecule has 0 spiro atoms. The molecule has 5 nitrogen and oxygen atoms in total. The highest BCUT2D eigenvalue weighted by molar-refractivity contribution is 5.13. The predicted octanol–water partition coefficient (Wildman–Crippen LogP) is -0.0662. The van der Waals surface area contributed by atoms with Crippen LogP contribution in [0.1, 0.15) is 12.7 Å². The highest BCUT2D eigenvalue weighted by atomic mass is 16.5. The summed E-state index contributed by atoms with van der Waals surface area (Å²) in [6, 6.07) is 0. The van der Waals surface area contributed by atoms with Gasteiger partial charge in [-0.1, -0.05) is 0 Å². The average molecular weight is 156 g/mol. The minimum absolute atomic E-state index is 0.294. The van der Waals surface area contributed by atoms with Gasteiger partial charge in [0.05, 0.1) is 0 Å². The molecule has 0 aromatic carbocycles. The molecule has 0 atom stereocenters. The van der Waals surface area contributed by atoms with Gasteiger partial charge in [0.1, 0.15) is 6.61 Å². The van der Waals surface area contributed by atoms with Gasteiger partial charge in [-0.15, -0.1) is 5.10 Å². The van der Waals surface area contributed by atoms with Crippen molar-refractivity contribution in [3.63, 3.8) is 0 Å². The van der Waals surface area contributed by atoms with Crippen LogP contribution in [-0.4, -0.2) is 21.4 Å². The van der Waals surface area contributed by atoms with Gasteiger partial charge < -0.3 is 10.5 Å². The zero-order chi connectivity index (χ0) is 8.27. The van der Waals surface area contributed by atoms with Gasteiger partial charge in [0, 0.05) is 13.7 Å². The summed E-state index contributed by atoms with van der Waals surface area (Å²) in [7, 11) is 1.79. The molecular formula is C6H12N4O. The molecule has 0 radical (unpaired) electrons. The maximum absolute atomic E-state index is 5.35. The van der Waals surface area contributed by atoms with Crippen LogP contribution in [0.15, 0.2) is 0 Å². The van der Waals surface area contributed by atoms with Gasteiger partial charge in [0.25, 0.3) is 0 Å². The molecule has 5 heteroatoms. The lowest BCUT2D eigenvalue weighted by molar-refractivity contribution is 0.125. The quantitative estimate of drug-likeness (QED) is 0.665. The third-order valence-corrected chi connectivity index (χ3v) is 1.30. The molecule has 0 saturated heterocycles. The molecule has 0 bridgehead atoms. The zero-order valence-corrected chi connectivity index (χ0v) is 6.74. The Morgan fingerprint density at radius 1 is 1.64 bits per heavy atom. The number of hydrogen-bond donors (Lipinski definition) is 1. The molecule has 0 unspecified atom stereocenters. The lowest BCUT2D eigenvalue weighted by Gasteiger charge is -1.97. The molecule has 0 aliphatic heterocycles. The van der Waals surface area contributed by atoms with Gasteiger partial charge in [0.2, 0.25) is 5.95 Å². The Bertz CT molecular complexity index is 232. The fourth-order valence-electron chi connectivity index (χ4n) is 0.757. The van der Waals surface area contributed by atoms with E-state index in [9.17, 15) is 0 Å². The number of anilines is 1. The van der Waals surface area contributed by atoms with Gasteiger partial charge in [-0.2, -0.15) is 4.98 Å². The van der Waals surface area contributed by atoms with Crippen molar-refractivity contribution in [2.24, 2.45) is 7.05 Å². The number of nitrogens with two attached hydrogens (primary N) is 1. The molecular weight excluding hydrogens is 144 g/mol. The number of nitrogen functional groups attached to an aromatic ring is 1. The third-order valence-electron chi connectivity index (χ3n) is 1.30. The van der Waals surface area contributed by atoms with E-state index in [-0.39, 0.29) is 0 Å². The molecule has 0 amide bonds. The Hall–Kier alpha value is -1.10. The molecule has 0 aliphatic rings. The van der Waals surface area contributed by atoms with E-state index in [2.05, 4.69) is 10.1 Å². The van der Waals surface area contributed by atoms with E-state index in [4.69, 9.17) is 10.5 Å². The first-order valence-electron chi connectivity index (χ1n) is 3.47. The van der Waals surface area contributed by atoms with Crippen molar-refractivity contribution in [1.82, 2.24) is 14.8 Å². The van der Waals surface area contributed by atoms with Crippen molar-refractivity contribution in [3.8, 4) is 0 Å². The summed E-state index contributed by atoms with van der Waals surface area (Å²) in [5.41, 5.74) is 5.35. The van der Waals surface area contributed by atoms with Crippen LogP contribution in [0.25, 0.3) is 0 Å². The van der Waals surface area contributed by atoms with Gasteiger partial charge in [-0.3, -0.25) is 0 Å². The van der Waals surface area contributed by atoms with Crippen LogP contribution < -0.4 is 5.73 Å². The van der Waals surface area contributed by atoms with Crippen LogP contribution in [0.4, 0.5) is 5.95 Å². The number of rotatable bonds is 3. The Kier molecular flexibility index (Phi) is 2.43. The molecule has 2 N–H and O–H groups in total. The smallest absolute Gasteiger partial charge is 0.239 e. The van der Waals surface area contributed by atoms with Crippen LogP contribution in [-0.2, 0) is 18.4 Å². The largest absolute Gasteiger partial charge is 0.374 e. The lowest BCUT2D eigenvalue weighted by Crippen LogP contribution is -2.01. The Morgan fingerprint density at radius 2 is 2.36 bits per heavy atom. The van der Waals surface area contributed by atoms with Crippen LogP contribution in [0, 0.1) is 0 Å². The first-order chi connectivity index (χ1) is 5.24. The monoisotopic (exact) mass is 156 g/mol. The number of aryl methyl sites for hydroxylation is 1. The first-order valence-corrected chi connectivity index (χ1v) is 3.47. The van der Waals surface area contributed by atoms with Crippen molar-refractivity contribution in [3.05, 3.63) is 5.82 Å². The SMILES string of the molecule is CCOCc1nc(N)nn1C. The van der Waals surface area contributed by atoms with Gasteiger partial charge in [-0.25, -0.2) is 4.68 Å². The average Bonchev–Trinajstić information content (AvgIpc) is 2.26. The molecule has 1 aromatic rings. The second-order valence-electron chi connectivity index (χ2n) is 2.15. The van der Waals surface area contributed by atoms with E-state index in [1.165, 1.54) is 0 Å². The standard InChI is InChI=1S/C6H12N4O/c1-3-11-4-5-8-6(7)9-10(5)2/h3-4H2,1-2H3,(H2,7,9). The second kappa shape index (κ2) is 3.34. The summed E-state index contributed by atoms with van der Waals surface area (Å²) in [5, 5.41) is 3.87. The second-order valence-corrected chi connectivity index (χ2v) is 2.15. The topological polar surface area (TPSA) is 66.0 Å². The number of nitrogens with zero attached hydrogens (tertiary/aromatic N) is 3. The first kappa shape index (κ1) is 8.00. The van der Waals surface area contributed by atoms with E-state index < -0.39 is 0 Å². The molecule has 1 rings (SSSR count). The zero-order valence-electron chi connectivity index (χ0n) is 6.74. The van der Waals surface area contributed by atoms with E-state index in [1.54, 1.807) is 11.7 Å². The van der Waals surface area contributed by atoms with E-state index in [0.29, 0.717) is 19.2 Å². The number of hydrogen-bond acceptors (Lipinski definition) is 4. The maximum Gasteiger partial charge on any atom is 0.239 e. The van der Waals surface area contributed by atoms with Crippen LogP contribution in [0.2, 0.25) is 0 Å². The van der Waals surface area contributed by atoms with Crippen molar-refractivity contribution < 1.29 is 4.74 Å². The third kappa shape index (κ3) is 1.91. The van der Waals surface area contributed by atoms with Crippen molar-refractivity contribution in [2.75, 3.05) is 12.3 Å². The van der Waals surface area contributed by atoms with Gasteiger partial charge in [0.15, 0.2) is 5.82 Å². The van der Waals surface area contributed by atoms with E-state index in [1.807, 2.05) is 6.92 Å².